The summed E-state index contributed by atoms with van der Waals surface area (Å²) in [5, 5.41) is 3.59. The van der Waals surface area contributed by atoms with E-state index in [0.717, 1.165) is 25.0 Å². The first-order chi connectivity index (χ1) is 8.67. The van der Waals surface area contributed by atoms with Crippen molar-refractivity contribution in [2.75, 3.05) is 39.9 Å². The van der Waals surface area contributed by atoms with Crippen LogP contribution in [0.4, 0.5) is 0 Å². The first-order valence-corrected chi connectivity index (χ1v) is 7.61. The van der Waals surface area contributed by atoms with Crippen LogP contribution in [-0.2, 0) is 4.74 Å². The number of nitrogens with zero attached hydrogens (tertiary/aromatic N) is 1. The van der Waals surface area contributed by atoms with Crippen molar-refractivity contribution >= 4 is 0 Å². The van der Waals surface area contributed by atoms with Crippen LogP contribution in [0.25, 0.3) is 0 Å². The molecular formula is C15H32N2O. The van der Waals surface area contributed by atoms with Crippen LogP contribution in [0, 0.1) is 11.8 Å². The van der Waals surface area contributed by atoms with Gasteiger partial charge in [0.1, 0.15) is 0 Å². The summed E-state index contributed by atoms with van der Waals surface area (Å²) in [5.74, 6) is 1.59. The quantitative estimate of drug-likeness (QED) is 0.685. The van der Waals surface area contributed by atoms with Gasteiger partial charge in [0, 0.05) is 19.7 Å². The fourth-order valence-electron chi connectivity index (χ4n) is 2.83. The van der Waals surface area contributed by atoms with E-state index in [0.29, 0.717) is 6.04 Å². The molecule has 2 unspecified atom stereocenters. The molecule has 1 saturated heterocycles. The number of ether oxygens (including phenoxy) is 1. The first-order valence-electron chi connectivity index (χ1n) is 7.61. The Hall–Kier alpha value is -0.120. The molecule has 0 saturated carbocycles. The number of hydrogen-bond donors (Lipinski definition) is 1. The van der Waals surface area contributed by atoms with E-state index in [1.165, 1.54) is 38.9 Å². The normalized spacial score (nSPS) is 22.8. The predicted octanol–water partition coefficient (Wildman–Crippen LogP) is 2.37. The molecule has 0 amide bonds. The van der Waals surface area contributed by atoms with E-state index >= 15 is 0 Å². The minimum atomic E-state index is 0.634. The molecule has 0 radical (unpaired) electrons. The molecule has 2 atom stereocenters. The highest BCUT2D eigenvalue weighted by Crippen LogP contribution is 2.20. The predicted molar refractivity (Wildman–Crippen MR) is 78.0 cm³/mol. The monoisotopic (exact) mass is 256 g/mol. The summed E-state index contributed by atoms with van der Waals surface area (Å²) < 4.78 is 5.36. The van der Waals surface area contributed by atoms with Crippen molar-refractivity contribution in [2.24, 2.45) is 11.8 Å². The number of rotatable bonds is 9. The molecule has 0 aliphatic carbocycles. The Labute approximate surface area is 113 Å². The Kier molecular flexibility index (Phi) is 7.87. The molecular weight excluding hydrogens is 224 g/mol. The number of nitrogens with one attached hydrogen (secondary N) is 1. The van der Waals surface area contributed by atoms with Gasteiger partial charge >= 0.3 is 0 Å². The first kappa shape index (κ1) is 15.9. The highest BCUT2D eigenvalue weighted by atomic mass is 16.5. The summed E-state index contributed by atoms with van der Waals surface area (Å²) >= 11 is 0. The maximum Gasteiger partial charge on any atom is 0.0618 e. The van der Waals surface area contributed by atoms with E-state index in [-0.39, 0.29) is 0 Å². The highest BCUT2D eigenvalue weighted by Gasteiger charge is 2.27. The van der Waals surface area contributed by atoms with Gasteiger partial charge in [-0.05, 0) is 44.3 Å². The SMILES string of the molecule is CCCC(COC)N1CCC(CNCC(C)C)C1. The third kappa shape index (κ3) is 5.68. The lowest BCUT2D eigenvalue weighted by molar-refractivity contribution is 0.0971. The molecule has 1 heterocycles. The zero-order valence-corrected chi connectivity index (χ0v) is 12.7. The maximum absolute atomic E-state index is 5.36. The summed E-state index contributed by atoms with van der Waals surface area (Å²) in [7, 11) is 1.82. The smallest absolute Gasteiger partial charge is 0.0618 e. The second kappa shape index (κ2) is 8.89. The highest BCUT2D eigenvalue weighted by molar-refractivity contribution is 4.82. The van der Waals surface area contributed by atoms with Crippen LogP contribution in [-0.4, -0.2) is 50.8 Å². The molecule has 0 bridgehead atoms. The van der Waals surface area contributed by atoms with Crippen molar-refractivity contribution < 1.29 is 4.74 Å². The molecule has 3 heteroatoms. The molecule has 0 aromatic carbocycles. The maximum atomic E-state index is 5.36. The average Bonchev–Trinajstić information content (AvgIpc) is 2.77. The van der Waals surface area contributed by atoms with E-state index in [9.17, 15) is 0 Å². The topological polar surface area (TPSA) is 24.5 Å². The Morgan fingerprint density at radius 1 is 1.39 bits per heavy atom. The van der Waals surface area contributed by atoms with Gasteiger partial charge in [0.25, 0.3) is 0 Å². The van der Waals surface area contributed by atoms with E-state index in [4.69, 9.17) is 4.74 Å². The second-order valence-corrected chi connectivity index (χ2v) is 6.10. The van der Waals surface area contributed by atoms with Crippen LogP contribution in [0.2, 0.25) is 0 Å². The fourth-order valence-corrected chi connectivity index (χ4v) is 2.83. The standard InChI is InChI=1S/C15H32N2O/c1-5-6-15(12-18-4)17-8-7-14(11-17)10-16-9-13(2)3/h13-16H,5-12H2,1-4H3. The van der Waals surface area contributed by atoms with Gasteiger partial charge in [-0.1, -0.05) is 27.2 Å². The molecule has 1 aliphatic rings. The largest absolute Gasteiger partial charge is 0.383 e. The van der Waals surface area contributed by atoms with E-state index < -0.39 is 0 Å². The number of hydrogen-bond acceptors (Lipinski definition) is 3. The lowest BCUT2D eigenvalue weighted by Gasteiger charge is -2.27. The van der Waals surface area contributed by atoms with Crippen LogP contribution >= 0.6 is 0 Å². The lowest BCUT2D eigenvalue weighted by atomic mass is 10.1. The molecule has 0 aromatic rings. The van der Waals surface area contributed by atoms with Crippen LogP contribution in [0.15, 0.2) is 0 Å². The summed E-state index contributed by atoms with van der Waals surface area (Å²) in [4.78, 5) is 2.63. The van der Waals surface area contributed by atoms with Crippen LogP contribution < -0.4 is 5.32 Å². The van der Waals surface area contributed by atoms with E-state index in [1.807, 2.05) is 7.11 Å². The minimum absolute atomic E-state index is 0.634. The minimum Gasteiger partial charge on any atom is -0.383 e. The Bertz CT molecular complexity index is 203. The van der Waals surface area contributed by atoms with Crippen molar-refractivity contribution in [1.82, 2.24) is 10.2 Å². The molecule has 0 spiro atoms. The van der Waals surface area contributed by atoms with Crippen LogP contribution in [0.3, 0.4) is 0 Å². The molecule has 18 heavy (non-hydrogen) atoms. The second-order valence-electron chi connectivity index (χ2n) is 6.10. The zero-order chi connectivity index (χ0) is 13.4. The third-order valence-corrected chi connectivity index (χ3v) is 3.80. The van der Waals surface area contributed by atoms with Gasteiger partial charge in [0.15, 0.2) is 0 Å². The summed E-state index contributed by atoms with van der Waals surface area (Å²) in [6.45, 7) is 12.5. The number of likely N-dealkylation sites (tertiary alicyclic amines) is 1. The van der Waals surface area contributed by atoms with Gasteiger partial charge in [-0.15, -0.1) is 0 Å². The van der Waals surface area contributed by atoms with E-state index in [1.54, 1.807) is 0 Å². The van der Waals surface area contributed by atoms with E-state index in [2.05, 4.69) is 31.0 Å². The molecule has 0 aromatic heterocycles. The summed E-state index contributed by atoms with van der Waals surface area (Å²) in [5.41, 5.74) is 0. The summed E-state index contributed by atoms with van der Waals surface area (Å²) in [6.07, 6.45) is 3.86. The average molecular weight is 256 g/mol. The Morgan fingerprint density at radius 3 is 2.78 bits per heavy atom. The fraction of sp³-hybridized carbons (Fsp3) is 1.00. The van der Waals surface area contributed by atoms with Crippen molar-refractivity contribution in [3.05, 3.63) is 0 Å². The van der Waals surface area contributed by atoms with Gasteiger partial charge in [-0.3, -0.25) is 4.90 Å². The molecule has 1 aliphatic heterocycles. The molecule has 1 N–H and O–H groups in total. The van der Waals surface area contributed by atoms with Crippen LogP contribution in [0.5, 0.6) is 0 Å². The van der Waals surface area contributed by atoms with Gasteiger partial charge in [-0.25, -0.2) is 0 Å². The van der Waals surface area contributed by atoms with Gasteiger partial charge in [0.2, 0.25) is 0 Å². The van der Waals surface area contributed by atoms with Gasteiger partial charge in [-0.2, -0.15) is 0 Å². The molecule has 1 rings (SSSR count). The van der Waals surface area contributed by atoms with Crippen molar-refractivity contribution in [2.45, 2.75) is 46.1 Å². The van der Waals surface area contributed by atoms with Crippen molar-refractivity contribution in [3.8, 4) is 0 Å². The Morgan fingerprint density at radius 2 is 2.17 bits per heavy atom. The van der Waals surface area contributed by atoms with Gasteiger partial charge < -0.3 is 10.1 Å². The number of methoxy groups -OCH3 is 1. The van der Waals surface area contributed by atoms with Crippen LogP contribution in [0.1, 0.15) is 40.0 Å². The van der Waals surface area contributed by atoms with Crippen molar-refractivity contribution in [3.63, 3.8) is 0 Å². The molecule has 3 nitrogen and oxygen atoms in total. The van der Waals surface area contributed by atoms with Crippen molar-refractivity contribution in [1.29, 1.82) is 0 Å². The third-order valence-electron chi connectivity index (χ3n) is 3.80. The molecule has 108 valence electrons. The molecule has 1 fully saturated rings. The zero-order valence-electron chi connectivity index (χ0n) is 12.7. The summed E-state index contributed by atoms with van der Waals surface area (Å²) in [6, 6.07) is 0.634. The van der Waals surface area contributed by atoms with Gasteiger partial charge in [0.05, 0.1) is 6.61 Å². The Balaban J connectivity index is 2.25. The lowest BCUT2D eigenvalue weighted by Crippen LogP contribution is -2.37.